The zero-order chi connectivity index (χ0) is 17.0. The molecular formula is C19H23NO3S. The summed E-state index contributed by atoms with van der Waals surface area (Å²) in [6.07, 6.45) is 0.691. The molecule has 2 atom stereocenters. The highest BCUT2D eigenvalue weighted by atomic mass is 32.2. The molecule has 2 aromatic rings. The van der Waals surface area contributed by atoms with Gasteiger partial charge in [0.2, 0.25) is 0 Å². The highest BCUT2D eigenvalue weighted by Crippen LogP contribution is 2.22. The largest absolute Gasteiger partial charge is 0.489 e. The topological polar surface area (TPSA) is 55.4 Å². The molecule has 1 saturated heterocycles. The van der Waals surface area contributed by atoms with Crippen molar-refractivity contribution in [1.29, 1.82) is 0 Å². The minimum absolute atomic E-state index is 0.0406. The van der Waals surface area contributed by atoms with Crippen LogP contribution in [0.1, 0.15) is 30.5 Å². The predicted octanol–water partition coefficient (Wildman–Crippen LogP) is 3.10. The lowest BCUT2D eigenvalue weighted by atomic mass is 10.1. The molecule has 0 bridgehead atoms. The quantitative estimate of drug-likeness (QED) is 0.874. The van der Waals surface area contributed by atoms with Gasteiger partial charge >= 0.3 is 0 Å². The minimum Gasteiger partial charge on any atom is -0.489 e. The molecule has 1 aliphatic heterocycles. The smallest absolute Gasteiger partial charge is 0.151 e. The van der Waals surface area contributed by atoms with Gasteiger partial charge in [-0.25, -0.2) is 8.42 Å². The number of hydrogen-bond acceptors (Lipinski definition) is 4. The SMILES string of the molecule is C[C@@H](N[C@H]1CCS(=O)(=O)C1)c1cccc(OCc2ccccc2)c1. The molecule has 24 heavy (non-hydrogen) atoms. The van der Waals surface area contributed by atoms with Crippen molar-refractivity contribution in [3.8, 4) is 5.75 Å². The molecule has 1 N–H and O–H groups in total. The van der Waals surface area contributed by atoms with Crippen molar-refractivity contribution in [3.63, 3.8) is 0 Å². The van der Waals surface area contributed by atoms with E-state index >= 15 is 0 Å². The van der Waals surface area contributed by atoms with Gasteiger partial charge in [0.25, 0.3) is 0 Å². The Morgan fingerprint density at radius 3 is 2.67 bits per heavy atom. The van der Waals surface area contributed by atoms with Crippen LogP contribution < -0.4 is 10.1 Å². The van der Waals surface area contributed by atoms with Gasteiger partial charge < -0.3 is 10.1 Å². The third kappa shape index (κ3) is 4.58. The molecule has 1 fully saturated rings. The molecule has 128 valence electrons. The zero-order valence-electron chi connectivity index (χ0n) is 13.8. The standard InChI is InChI=1S/C19H23NO3S/c1-15(20-18-10-11-24(21,22)14-18)17-8-5-9-19(12-17)23-13-16-6-3-2-4-7-16/h2-9,12,15,18,20H,10-11,13-14H2,1H3/t15-,18+/m1/s1. The maximum atomic E-state index is 11.6. The fourth-order valence-corrected chi connectivity index (χ4v) is 4.68. The summed E-state index contributed by atoms with van der Waals surface area (Å²) in [6, 6.07) is 18.2. The molecule has 5 heteroatoms. The molecule has 2 aromatic carbocycles. The summed E-state index contributed by atoms with van der Waals surface area (Å²) in [5.74, 6) is 1.35. The van der Waals surface area contributed by atoms with E-state index in [0.29, 0.717) is 13.0 Å². The van der Waals surface area contributed by atoms with Gasteiger partial charge in [0.15, 0.2) is 9.84 Å². The summed E-state index contributed by atoms with van der Waals surface area (Å²) >= 11 is 0. The summed E-state index contributed by atoms with van der Waals surface area (Å²) in [5.41, 5.74) is 2.23. The van der Waals surface area contributed by atoms with Crippen molar-refractivity contribution in [2.75, 3.05) is 11.5 Å². The highest BCUT2D eigenvalue weighted by molar-refractivity contribution is 7.91. The molecule has 0 amide bonds. The van der Waals surface area contributed by atoms with E-state index < -0.39 is 9.84 Å². The van der Waals surface area contributed by atoms with Gasteiger partial charge in [0.1, 0.15) is 12.4 Å². The first-order chi connectivity index (χ1) is 11.5. The van der Waals surface area contributed by atoms with Gasteiger partial charge in [0.05, 0.1) is 11.5 Å². The molecule has 4 nitrogen and oxygen atoms in total. The van der Waals surface area contributed by atoms with Crippen molar-refractivity contribution in [1.82, 2.24) is 5.32 Å². The van der Waals surface area contributed by atoms with Gasteiger partial charge in [-0.3, -0.25) is 0 Å². The second-order valence-corrected chi connectivity index (χ2v) is 8.56. The van der Waals surface area contributed by atoms with E-state index in [2.05, 4.69) is 12.2 Å². The Morgan fingerprint density at radius 2 is 1.96 bits per heavy atom. The van der Waals surface area contributed by atoms with Gasteiger partial charge in [-0.1, -0.05) is 42.5 Å². The third-order valence-electron chi connectivity index (χ3n) is 4.32. The molecule has 0 aliphatic carbocycles. The van der Waals surface area contributed by atoms with E-state index in [1.165, 1.54) is 0 Å². The van der Waals surface area contributed by atoms with Crippen LogP contribution in [0.3, 0.4) is 0 Å². The Kier molecular flexibility index (Phi) is 5.21. The van der Waals surface area contributed by atoms with E-state index in [4.69, 9.17) is 4.74 Å². The Labute approximate surface area is 143 Å². The molecule has 0 radical (unpaired) electrons. The van der Waals surface area contributed by atoms with Gasteiger partial charge in [-0.05, 0) is 36.6 Å². The fraction of sp³-hybridized carbons (Fsp3) is 0.368. The molecule has 0 unspecified atom stereocenters. The van der Waals surface area contributed by atoms with Crippen LogP contribution in [0.2, 0.25) is 0 Å². The number of ether oxygens (including phenoxy) is 1. The van der Waals surface area contributed by atoms with Crippen LogP contribution >= 0.6 is 0 Å². The predicted molar refractivity (Wildman–Crippen MR) is 95.8 cm³/mol. The maximum absolute atomic E-state index is 11.6. The van der Waals surface area contributed by atoms with Crippen molar-refractivity contribution in [2.24, 2.45) is 0 Å². The second-order valence-electron chi connectivity index (χ2n) is 6.34. The number of sulfone groups is 1. The second kappa shape index (κ2) is 7.36. The lowest BCUT2D eigenvalue weighted by Gasteiger charge is -2.19. The van der Waals surface area contributed by atoms with Crippen LogP contribution in [0.4, 0.5) is 0 Å². The fourth-order valence-electron chi connectivity index (χ4n) is 2.99. The van der Waals surface area contributed by atoms with Crippen LogP contribution in [-0.2, 0) is 16.4 Å². The first-order valence-corrected chi connectivity index (χ1v) is 10.1. The van der Waals surface area contributed by atoms with Crippen molar-refractivity contribution < 1.29 is 13.2 Å². The van der Waals surface area contributed by atoms with E-state index in [1.807, 2.05) is 54.6 Å². The summed E-state index contributed by atoms with van der Waals surface area (Å²) < 4.78 is 29.0. The third-order valence-corrected chi connectivity index (χ3v) is 6.09. The van der Waals surface area contributed by atoms with Gasteiger partial charge in [0, 0.05) is 12.1 Å². The zero-order valence-corrected chi connectivity index (χ0v) is 14.6. The summed E-state index contributed by atoms with van der Waals surface area (Å²) in [4.78, 5) is 0. The van der Waals surface area contributed by atoms with Crippen LogP contribution in [-0.4, -0.2) is 26.0 Å². The molecule has 0 aromatic heterocycles. The van der Waals surface area contributed by atoms with E-state index in [1.54, 1.807) is 0 Å². The first kappa shape index (κ1) is 17.0. The molecule has 3 rings (SSSR count). The van der Waals surface area contributed by atoms with Crippen LogP contribution in [0, 0.1) is 0 Å². The molecular weight excluding hydrogens is 322 g/mol. The van der Waals surface area contributed by atoms with E-state index in [9.17, 15) is 8.42 Å². The van der Waals surface area contributed by atoms with Crippen LogP contribution in [0.25, 0.3) is 0 Å². The first-order valence-electron chi connectivity index (χ1n) is 8.25. The molecule has 1 aliphatic rings. The van der Waals surface area contributed by atoms with Crippen LogP contribution in [0.15, 0.2) is 54.6 Å². The maximum Gasteiger partial charge on any atom is 0.151 e. The molecule has 0 saturated carbocycles. The Morgan fingerprint density at radius 1 is 1.17 bits per heavy atom. The average molecular weight is 345 g/mol. The van der Waals surface area contributed by atoms with Crippen molar-refractivity contribution in [3.05, 3.63) is 65.7 Å². The van der Waals surface area contributed by atoms with Crippen molar-refractivity contribution >= 4 is 9.84 Å². The van der Waals surface area contributed by atoms with Crippen molar-refractivity contribution in [2.45, 2.75) is 32.0 Å². The Hall–Kier alpha value is -1.85. The molecule has 0 spiro atoms. The number of hydrogen-bond donors (Lipinski definition) is 1. The average Bonchev–Trinajstić information content (AvgIpc) is 2.93. The van der Waals surface area contributed by atoms with Gasteiger partial charge in [-0.15, -0.1) is 0 Å². The number of rotatable bonds is 6. The number of nitrogens with one attached hydrogen (secondary N) is 1. The number of benzene rings is 2. The van der Waals surface area contributed by atoms with E-state index in [0.717, 1.165) is 16.9 Å². The lowest BCUT2D eigenvalue weighted by Crippen LogP contribution is -2.32. The Balaban J connectivity index is 1.60. The minimum atomic E-state index is -2.86. The summed E-state index contributed by atoms with van der Waals surface area (Å²) in [6.45, 7) is 2.59. The normalized spacial score (nSPS) is 20.6. The monoisotopic (exact) mass is 345 g/mol. The van der Waals surface area contributed by atoms with Crippen LogP contribution in [0.5, 0.6) is 5.75 Å². The molecule has 1 heterocycles. The summed E-state index contributed by atoms with van der Waals surface area (Å²) in [5, 5.41) is 3.42. The lowest BCUT2D eigenvalue weighted by molar-refractivity contribution is 0.305. The van der Waals surface area contributed by atoms with Gasteiger partial charge in [-0.2, -0.15) is 0 Å². The Bertz CT molecular complexity index is 774. The van der Waals surface area contributed by atoms with E-state index in [-0.39, 0.29) is 23.6 Å². The highest BCUT2D eigenvalue weighted by Gasteiger charge is 2.28. The summed E-state index contributed by atoms with van der Waals surface area (Å²) in [7, 11) is -2.86.